The highest BCUT2D eigenvalue weighted by atomic mass is 16.6. The van der Waals surface area contributed by atoms with Crippen molar-refractivity contribution in [2.75, 3.05) is 12.4 Å². The fourth-order valence-corrected chi connectivity index (χ4v) is 4.95. The van der Waals surface area contributed by atoms with Gasteiger partial charge in [-0.2, -0.15) is 5.10 Å². The number of carbonyl (C=O) groups is 2. The molecule has 4 rings (SSSR count). The molecule has 35 heavy (non-hydrogen) atoms. The van der Waals surface area contributed by atoms with Crippen LogP contribution in [-0.4, -0.2) is 57.1 Å². The summed E-state index contributed by atoms with van der Waals surface area (Å²) in [7, 11) is 1.54. The average molecular weight is 486 g/mol. The Labute approximate surface area is 205 Å². The second-order valence-electron chi connectivity index (χ2n) is 9.68. The largest absolute Gasteiger partial charge is 0.481 e. The van der Waals surface area contributed by atoms with Crippen LogP contribution in [-0.2, 0) is 16.0 Å². The van der Waals surface area contributed by atoms with E-state index in [0.29, 0.717) is 31.0 Å². The van der Waals surface area contributed by atoms with E-state index < -0.39 is 5.60 Å². The number of aromatic nitrogens is 3. The molecule has 190 valence electrons. The minimum absolute atomic E-state index is 0.0546. The number of ether oxygens (including phenoxy) is 2. The average Bonchev–Trinajstić information content (AvgIpc) is 3.50. The highest BCUT2D eigenvalue weighted by Crippen LogP contribution is 2.36. The molecule has 0 aliphatic heterocycles. The zero-order valence-corrected chi connectivity index (χ0v) is 20.4. The Morgan fingerprint density at radius 2 is 2.03 bits per heavy atom. The number of hydrogen-bond acceptors (Lipinski definition) is 7. The molecule has 0 radical (unpaired) electrons. The van der Waals surface area contributed by atoms with Crippen LogP contribution in [0.3, 0.4) is 0 Å². The molecule has 0 saturated heterocycles. The van der Waals surface area contributed by atoms with Crippen molar-refractivity contribution in [1.82, 2.24) is 20.5 Å². The number of rotatable bonds is 8. The number of nitrogens with one attached hydrogen (secondary N) is 3. The van der Waals surface area contributed by atoms with Crippen molar-refractivity contribution in [2.45, 2.75) is 88.4 Å². The first kappa shape index (κ1) is 25.0. The Morgan fingerprint density at radius 3 is 2.71 bits per heavy atom. The van der Waals surface area contributed by atoms with Gasteiger partial charge in [0, 0.05) is 36.0 Å². The molecule has 2 atom stereocenters. The van der Waals surface area contributed by atoms with Crippen molar-refractivity contribution in [3.8, 4) is 5.88 Å². The Kier molecular flexibility index (Phi) is 7.90. The summed E-state index contributed by atoms with van der Waals surface area (Å²) in [5.74, 6) is 0.976. The standard InChI is InChI=1S/C25H35N5O5/c1-3-25(33)10-8-18(9-11-25)27-24(32)35-19-6-5-17(13-19)20-14-21(30-29-20)28-22(31)12-16-4-7-23(34-2)26-15-16/h4,7,14-15,17-19,33H,3,5-6,8-13H2,1-2H3,(H,27,32)(H2,28,29,30,31)/t17-,18-,19+,25+/m1/s1. The number of aliphatic hydroxyl groups is 1. The number of nitrogens with zero attached hydrogens (tertiary/aromatic N) is 2. The second-order valence-corrected chi connectivity index (χ2v) is 9.68. The molecule has 0 spiro atoms. The van der Waals surface area contributed by atoms with Crippen molar-refractivity contribution in [3.05, 3.63) is 35.7 Å². The molecule has 4 N–H and O–H groups in total. The van der Waals surface area contributed by atoms with Crippen LogP contribution in [0.5, 0.6) is 5.88 Å². The van der Waals surface area contributed by atoms with E-state index in [2.05, 4.69) is 25.8 Å². The van der Waals surface area contributed by atoms with Gasteiger partial charge in [-0.15, -0.1) is 0 Å². The summed E-state index contributed by atoms with van der Waals surface area (Å²) < 4.78 is 10.7. The molecule has 2 aliphatic rings. The molecule has 0 aromatic carbocycles. The van der Waals surface area contributed by atoms with Gasteiger partial charge in [-0.3, -0.25) is 9.89 Å². The summed E-state index contributed by atoms with van der Waals surface area (Å²) in [5, 5.41) is 23.4. The number of aromatic amines is 1. The summed E-state index contributed by atoms with van der Waals surface area (Å²) in [5.41, 5.74) is 1.11. The van der Waals surface area contributed by atoms with E-state index >= 15 is 0 Å². The van der Waals surface area contributed by atoms with Gasteiger partial charge in [0.15, 0.2) is 5.82 Å². The van der Waals surface area contributed by atoms with Crippen molar-refractivity contribution >= 4 is 17.8 Å². The quantitative estimate of drug-likeness (QED) is 0.449. The predicted molar refractivity (Wildman–Crippen MR) is 129 cm³/mol. The summed E-state index contributed by atoms with van der Waals surface area (Å²) in [4.78, 5) is 28.8. The van der Waals surface area contributed by atoms with E-state index in [0.717, 1.165) is 43.4 Å². The van der Waals surface area contributed by atoms with Crippen molar-refractivity contribution in [3.63, 3.8) is 0 Å². The van der Waals surface area contributed by atoms with Gasteiger partial charge in [-0.05, 0) is 56.9 Å². The third-order valence-corrected chi connectivity index (χ3v) is 7.23. The van der Waals surface area contributed by atoms with Crippen molar-refractivity contribution in [2.24, 2.45) is 0 Å². The second kappa shape index (κ2) is 11.1. The fourth-order valence-electron chi connectivity index (χ4n) is 4.95. The maximum Gasteiger partial charge on any atom is 0.407 e. The molecule has 2 heterocycles. The Balaban J connectivity index is 1.20. The van der Waals surface area contributed by atoms with Crippen molar-refractivity contribution < 1.29 is 24.2 Å². The molecule has 2 aromatic heterocycles. The van der Waals surface area contributed by atoms with Crippen LogP contribution in [0.25, 0.3) is 0 Å². The first-order chi connectivity index (χ1) is 16.9. The van der Waals surface area contributed by atoms with E-state index in [9.17, 15) is 14.7 Å². The van der Waals surface area contributed by atoms with Crippen LogP contribution >= 0.6 is 0 Å². The van der Waals surface area contributed by atoms with Crippen LogP contribution < -0.4 is 15.4 Å². The predicted octanol–water partition coefficient (Wildman–Crippen LogP) is 3.44. The van der Waals surface area contributed by atoms with Gasteiger partial charge >= 0.3 is 6.09 Å². The van der Waals surface area contributed by atoms with E-state index in [4.69, 9.17) is 9.47 Å². The normalized spacial score (nSPS) is 26.2. The third-order valence-electron chi connectivity index (χ3n) is 7.23. The van der Waals surface area contributed by atoms with Crippen LogP contribution in [0.2, 0.25) is 0 Å². The Hall–Kier alpha value is -3.14. The molecule has 10 nitrogen and oxygen atoms in total. The van der Waals surface area contributed by atoms with Gasteiger partial charge in [0.25, 0.3) is 0 Å². The highest BCUT2D eigenvalue weighted by molar-refractivity contribution is 5.91. The van der Waals surface area contributed by atoms with Crippen LogP contribution in [0.1, 0.15) is 75.5 Å². The molecule has 10 heteroatoms. The van der Waals surface area contributed by atoms with Crippen molar-refractivity contribution in [1.29, 1.82) is 0 Å². The smallest absolute Gasteiger partial charge is 0.407 e. The highest BCUT2D eigenvalue weighted by Gasteiger charge is 2.34. The van der Waals surface area contributed by atoms with E-state index in [1.807, 2.05) is 13.0 Å². The van der Waals surface area contributed by atoms with Gasteiger partial charge in [0.2, 0.25) is 11.8 Å². The van der Waals surface area contributed by atoms with E-state index in [-0.39, 0.29) is 36.5 Å². The van der Waals surface area contributed by atoms with Crippen LogP contribution in [0.15, 0.2) is 24.4 Å². The van der Waals surface area contributed by atoms with Gasteiger partial charge in [0.1, 0.15) is 6.10 Å². The van der Waals surface area contributed by atoms with E-state index in [1.165, 1.54) is 0 Å². The first-order valence-corrected chi connectivity index (χ1v) is 12.4. The van der Waals surface area contributed by atoms with Crippen LogP contribution in [0, 0.1) is 0 Å². The Bertz CT molecular complexity index is 1000. The molecule has 0 unspecified atom stereocenters. The number of carbonyl (C=O) groups excluding carboxylic acids is 2. The number of alkyl carbamates (subject to hydrolysis) is 1. The van der Waals surface area contributed by atoms with Gasteiger partial charge in [0.05, 0.1) is 19.1 Å². The zero-order valence-electron chi connectivity index (χ0n) is 20.4. The molecule has 2 aromatic rings. The SMILES string of the molecule is CC[C@]1(O)CC[C@@H](NC(=O)O[C@H]2CC[C@@H](c3cc(NC(=O)Cc4ccc(OC)nc4)n[nH]3)C2)CC1. The zero-order chi connectivity index (χ0) is 24.8. The first-order valence-electron chi connectivity index (χ1n) is 12.4. The molecular formula is C25H35N5O5. The number of hydrogen-bond donors (Lipinski definition) is 4. The molecule has 2 aliphatic carbocycles. The third kappa shape index (κ3) is 6.72. The lowest BCUT2D eigenvalue weighted by atomic mass is 9.81. The number of methoxy groups -OCH3 is 1. The number of amides is 2. The lowest BCUT2D eigenvalue weighted by Crippen LogP contribution is -2.43. The van der Waals surface area contributed by atoms with Gasteiger partial charge < -0.3 is 25.2 Å². The van der Waals surface area contributed by atoms with Crippen LogP contribution in [0.4, 0.5) is 10.6 Å². The Morgan fingerprint density at radius 1 is 1.23 bits per heavy atom. The van der Waals surface area contributed by atoms with Gasteiger partial charge in [-0.25, -0.2) is 9.78 Å². The lowest BCUT2D eigenvalue weighted by molar-refractivity contribution is -0.115. The maximum atomic E-state index is 12.4. The molecule has 2 fully saturated rings. The monoisotopic (exact) mass is 485 g/mol. The minimum atomic E-state index is -0.587. The van der Waals surface area contributed by atoms with E-state index in [1.54, 1.807) is 25.4 Å². The lowest BCUT2D eigenvalue weighted by Gasteiger charge is -2.35. The minimum Gasteiger partial charge on any atom is -0.481 e. The maximum absolute atomic E-state index is 12.4. The summed E-state index contributed by atoms with van der Waals surface area (Å²) >= 11 is 0. The topological polar surface area (TPSA) is 138 Å². The number of H-pyrrole nitrogens is 1. The molecule has 0 bridgehead atoms. The summed E-state index contributed by atoms with van der Waals surface area (Å²) in [6, 6.07) is 5.41. The van der Waals surface area contributed by atoms with Gasteiger partial charge in [-0.1, -0.05) is 13.0 Å². The molecule has 2 saturated carbocycles. The summed E-state index contributed by atoms with van der Waals surface area (Å²) in [6.45, 7) is 2.00. The molecule has 2 amide bonds. The fraction of sp³-hybridized carbons (Fsp3) is 0.600. The summed E-state index contributed by atoms with van der Waals surface area (Å²) in [6.07, 6.45) is 7.32. The number of anilines is 1. The molecular weight excluding hydrogens is 450 g/mol. The number of pyridine rings is 1.